The monoisotopic (exact) mass is 386 g/mol. The highest BCUT2D eigenvalue weighted by molar-refractivity contribution is 7.89. The summed E-state index contributed by atoms with van der Waals surface area (Å²) in [5.41, 5.74) is 0.147. The molecule has 0 bridgehead atoms. The molecule has 0 heterocycles. The molecule has 0 spiro atoms. The molecule has 0 saturated carbocycles. The van der Waals surface area contributed by atoms with Crippen LogP contribution < -0.4 is 4.72 Å². The van der Waals surface area contributed by atoms with Gasteiger partial charge < -0.3 is 4.90 Å². The lowest BCUT2D eigenvalue weighted by Crippen LogP contribution is -2.32. The van der Waals surface area contributed by atoms with Crippen molar-refractivity contribution in [3.05, 3.63) is 65.5 Å². The number of benzene rings is 2. The van der Waals surface area contributed by atoms with Gasteiger partial charge in [0, 0.05) is 38.2 Å². The Hall–Kier alpha value is -2.39. The van der Waals surface area contributed by atoms with Gasteiger partial charge in [-0.3, -0.25) is 4.79 Å². The summed E-state index contributed by atoms with van der Waals surface area (Å²) < 4.78 is 65.6. The normalized spacial score (nSPS) is 11.4. The Balaban J connectivity index is 1.88. The average molecular weight is 386 g/mol. The molecule has 1 amide bonds. The van der Waals surface area contributed by atoms with Crippen LogP contribution in [0.3, 0.4) is 0 Å². The third-order valence-electron chi connectivity index (χ3n) is 3.60. The maximum atomic E-state index is 13.6. The van der Waals surface area contributed by atoms with Gasteiger partial charge in [0.2, 0.25) is 15.9 Å². The maximum absolute atomic E-state index is 13.6. The summed E-state index contributed by atoms with van der Waals surface area (Å²) in [6.45, 7) is -0.246. The molecular formula is C17H17F3N2O3S. The Morgan fingerprint density at radius 2 is 1.65 bits per heavy atom. The first-order valence-electron chi connectivity index (χ1n) is 7.62. The van der Waals surface area contributed by atoms with Crippen molar-refractivity contribution in [1.29, 1.82) is 0 Å². The van der Waals surface area contributed by atoms with E-state index >= 15 is 0 Å². The van der Waals surface area contributed by atoms with Crippen molar-refractivity contribution in [3.8, 4) is 0 Å². The standard InChI is InChI=1S/C17H17F3N2O3S/c1-22(11-12-2-3-14(19)10-16(12)20)17(23)8-9-21-26(24,25)15-6-4-13(18)5-7-15/h2-7,10,21H,8-9,11H2,1H3. The van der Waals surface area contributed by atoms with E-state index in [0.29, 0.717) is 0 Å². The van der Waals surface area contributed by atoms with E-state index in [0.717, 1.165) is 36.4 Å². The van der Waals surface area contributed by atoms with Gasteiger partial charge in [-0.05, 0) is 30.3 Å². The van der Waals surface area contributed by atoms with Gasteiger partial charge in [-0.15, -0.1) is 0 Å². The van der Waals surface area contributed by atoms with E-state index in [2.05, 4.69) is 4.72 Å². The van der Waals surface area contributed by atoms with Crippen molar-refractivity contribution in [3.63, 3.8) is 0 Å². The van der Waals surface area contributed by atoms with Gasteiger partial charge in [0.1, 0.15) is 17.5 Å². The molecular weight excluding hydrogens is 369 g/mol. The summed E-state index contributed by atoms with van der Waals surface area (Å²) in [5, 5.41) is 0. The summed E-state index contributed by atoms with van der Waals surface area (Å²) in [5.74, 6) is -2.46. The van der Waals surface area contributed by atoms with E-state index in [1.807, 2.05) is 0 Å². The van der Waals surface area contributed by atoms with Crippen LogP contribution in [0.15, 0.2) is 47.4 Å². The molecule has 0 radical (unpaired) electrons. The SMILES string of the molecule is CN(Cc1ccc(F)cc1F)C(=O)CCNS(=O)(=O)c1ccc(F)cc1. The summed E-state index contributed by atoms with van der Waals surface area (Å²) in [6.07, 6.45) is -0.153. The second-order valence-electron chi connectivity index (χ2n) is 5.59. The van der Waals surface area contributed by atoms with E-state index < -0.39 is 33.4 Å². The number of carbonyl (C=O) groups is 1. The Kier molecular flexibility index (Phi) is 6.38. The maximum Gasteiger partial charge on any atom is 0.240 e. The van der Waals surface area contributed by atoms with Crippen LogP contribution in [0.1, 0.15) is 12.0 Å². The van der Waals surface area contributed by atoms with Crippen molar-refractivity contribution in [2.75, 3.05) is 13.6 Å². The predicted molar refractivity (Wildman–Crippen MR) is 89.0 cm³/mol. The highest BCUT2D eigenvalue weighted by atomic mass is 32.2. The fraction of sp³-hybridized carbons (Fsp3) is 0.235. The third kappa shape index (κ3) is 5.30. The topological polar surface area (TPSA) is 66.5 Å². The molecule has 0 aromatic heterocycles. The van der Waals surface area contributed by atoms with E-state index in [1.54, 1.807) is 0 Å². The number of hydrogen-bond donors (Lipinski definition) is 1. The Morgan fingerprint density at radius 1 is 1.04 bits per heavy atom. The first-order chi connectivity index (χ1) is 12.2. The Labute approximate surface area is 149 Å². The summed E-state index contributed by atoms with van der Waals surface area (Å²) in [7, 11) is -2.43. The van der Waals surface area contributed by atoms with Crippen LogP contribution in [-0.4, -0.2) is 32.8 Å². The van der Waals surface area contributed by atoms with Gasteiger partial charge in [-0.1, -0.05) is 6.07 Å². The highest BCUT2D eigenvalue weighted by Crippen LogP contribution is 2.12. The van der Waals surface area contributed by atoms with Crippen LogP contribution in [-0.2, 0) is 21.4 Å². The molecule has 0 aliphatic carbocycles. The van der Waals surface area contributed by atoms with Crippen LogP contribution in [0, 0.1) is 17.5 Å². The van der Waals surface area contributed by atoms with E-state index in [-0.39, 0.29) is 30.0 Å². The number of nitrogens with zero attached hydrogens (tertiary/aromatic N) is 1. The van der Waals surface area contributed by atoms with Crippen molar-refractivity contribution < 1.29 is 26.4 Å². The largest absolute Gasteiger partial charge is 0.341 e. The average Bonchev–Trinajstić information content (AvgIpc) is 2.57. The van der Waals surface area contributed by atoms with Crippen molar-refractivity contribution >= 4 is 15.9 Å². The molecule has 1 N–H and O–H groups in total. The number of carbonyl (C=O) groups excluding carboxylic acids is 1. The molecule has 0 saturated heterocycles. The lowest BCUT2D eigenvalue weighted by molar-refractivity contribution is -0.130. The molecule has 26 heavy (non-hydrogen) atoms. The zero-order valence-electron chi connectivity index (χ0n) is 13.9. The van der Waals surface area contributed by atoms with E-state index in [1.165, 1.54) is 18.0 Å². The Morgan fingerprint density at radius 3 is 2.27 bits per heavy atom. The lowest BCUT2D eigenvalue weighted by Gasteiger charge is -2.18. The number of rotatable bonds is 7. The first kappa shape index (κ1) is 19.9. The molecule has 5 nitrogen and oxygen atoms in total. The van der Waals surface area contributed by atoms with Crippen LogP contribution in [0.5, 0.6) is 0 Å². The van der Waals surface area contributed by atoms with Gasteiger partial charge in [-0.2, -0.15) is 0 Å². The number of amides is 1. The molecule has 2 aromatic rings. The van der Waals surface area contributed by atoms with Crippen LogP contribution in [0.2, 0.25) is 0 Å². The predicted octanol–water partition coefficient (Wildman–Crippen LogP) is 2.43. The second kappa shape index (κ2) is 8.33. The minimum Gasteiger partial charge on any atom is -0.341 e. The first-order valence-corrected chi connectivity index (χ1v) is 9.10. The summed E-state index contributed by atoms with van der Waals surface area (Å²) >= 11 is 0. The van der Waals surface area contributed by atoms with Gasteiger partial charge in [0.25, 0.3) is 0 Å². The number of hydrogen-bond acceptors (Lipinski definition) is 3. The third-order valence-corrected chi connectivity index (χ3v) is 5.08. The zero-order chi connectivity index (χ0) is 19.3. The van der Waals surface area contributed by atoms with Crippen molar-refractivity contribution in [1.82, 2.24) is 9.62 Å². The lowest BCUT2D eigenvalue weighted by atomic mass is 10.2. The van der Waals surface area contributed by atoms with Crippen LogP contribution in [0.4, 0.5) is 13.2 Å². The smallest absolute Gasteiger partial charge is 0.240 e. The summed E-state index contributed by atoms with van der Waals surface area (Å²) in [6, 6.07) is 7.32. The minimum absolute atomic E-state index is 0.0738. The van der Waals surface area contributed by atoms with Gasteiger partial charge in [0.15, 0.2) is 0 Å². The van der Waals surface area contributed by atoms with Crippen molar-refractivity contribution in [2.24, 2.45) is 0 Å². The molecule has 0 unspecified atom stereocenters. The van der Waals surface area contributed by atoms with Crippen molar-refractivity contribution in [2.45, 2.75) is 17.9 Å². The minimum atomic E-state index is -3.86. The molecule has 2 rings (SSSR count). The van der Waals surface area contributed by atoms with Crippen LogP contribution >= 0.6 is 0 Å². The quantitative estimate of drug-likeness (QED) is 0.795. The van der Waals surface area contributed by atoms with Gasteiger partial charge in [0.05, 0.1) is 4.90 Å². The summed E-state index contributed by atoms with van der Waals surface area (Å²) in [4.78, 5) is 13.1. The van der Waals surface area contributed by atoms with Crippen LogP contribution in [0.25, 0.3) is 0 Å². The molecule has 2 aromatic carbocycles. The Bertz CT molecular complexity index is 887. The van der Waals surface area contributed by atoms with E-state index in [4.69, 9.17) is 0 Å². The van der Waals surface area contributed by atoms with Gasteiger partial charge in [-0.25, -0.2) is 26.3 Å². The number of nitrogens with one attached hydrogen (secondary N) is 1. The van der Waals surface area contributed by atoms with Gasteiger partial charge >= 0.3 is 0 Å². The second-order valence-corrected chi connectivity index (χ2v) is 7.35. The fourth-order valence-corrected chi connectivity index (χ4v) is 3.21. The molecule has 0 atom stereocenters. The molecule has 9 heteroatoms. The van der Waals surface area contributed by atoms with E-state index in [9.17, 15) is 26.4 Å². The number of sulfonamides is 1. The fourth-order valence-electron chi connectivity index (χ4n) is 2.17. The number of halogens is 3. The molecule has 140 valence electrons. The molecule has 0 aliphatic rings. The molecule has 0 fully saturated rings. The molecule has 0 aliphatic heterocycles. The highest BCUT2D eigenvalue weighted by Gasteiger charge is 2.16. The zero-order valence-corrected chi connectivity index (χ0v) is 14.7.